The fraction of sp³-hybridized carbons (Fsp3) is 0.312. The smallest absolute Gasteiger partial charge is 0.543 e. The molecule has 1 N–H and O–H groups in total. The van der Waals surface area contributed by atoms with Gasteiger partial charge in [-0.25, -0.2) is 0 Å². The molecule has 6 nitrogen and oxygen atoms in total. The van der Waals surface area contributed by atoms with Gasteiger partial charge in [0.2, 0.25) is 5.91 Å². The summed E-state index contributed by atoms with van der Waals surface area (Å²) in [6.45, 7) is 1.67. The number of hydrogen-bond acceptors (Lipinski definition) is 5. The molecule has 24 heavy (non-hydrogen) atoms. The quantitative estimate of drug-likeness (QED) is 0.442. The van der Waals surface area contributed by atoms with Crippen molar-refractivity contribution in [1.82, 2.24) is 10.2 Å². The molecule has 1 saturated heterocycles. The van der Waals surface area contributed by atoms with Gasteiger partial charge in [0.1, 0.15) is 11.4 Å². The summed E-state index contributed by atoms with van der Waals surface area (Å²) in [4.78, 5) is 36.7. The fourth-order valence-corrected chi connectivity index (χ4v) is 4.06. The molecule has 2 atom stereocenters. The average Bonchev–Trinajstić information content (AvgIpc) is 2.53. The Kier molecular flexibility index (Phi) is 6.69. The zero-order valence-corrected chi connectivity index (χ0v) is 17.4. The summed E-state index contributed by atoms with van der Waals surface area (Å²) in [6, 6.07) is 8.54. The van der Waals surface area contributed by atoms with Gasteiger partial charge in [-0.15, -0.1) is 11.8 Å². The van der Waals surface area contributed by atoms with Crippen LogP contribution in [0.2, 0.25) is 0 Å². The Balaban J connectivity index is 0.00000208. The Labute approximate surface area is 186 Å². The van der Waals surface area contributed by atoms with E-state index in [4.69, 9.17) is 0 Å². The van der Waals surface area contributed by atoms with Crippen LogP contribution in [0.25, 0.3) is 0 Å². The Bertz CT molecular complexity index is 707. The van der Waals surface area contributed by atoms with Crippen LogP contribution in [0.15, 0.2) is 41.6 Å². The standard InChI is InChI=1S/C16H16N2O4S.K/c1-9-8-23-15-12(14(20)18(15)13(9)16(21)22)17-11(19)7-10-5-3-2-4-6-10;/h2-6,12,15H,7-8H2,1H3,(H,17,19)(H,21,22);/q;+1/p-1/t12-,15-;/m1./s1. The molecule has 0 bridgehead atoms. The molecule has 8 heteroatoms. The Morgan fingerprint density at radius 3 is 2.62 bits per heavy atom. The second kappa shape index (κ2) is 8.16. The predicted molar refractivity (Wildman–Crippen MR) is 82.9 cm³/mol. The number of fused-ring (bicyclic) bond motifs is 1. The monoisotopic (exact) mass is 370 g/mol. The summed E-state index contributed by atoms with van der Waals surface area (Å²) in [5.41, 5.74) is 1.40. The molecular formula is C16H15KN2O4S. The minimum atomic E-state index is -1.35. The number of nitrogens with zero attached hydrogens (tertiary/aromatic N) is 1. The topological polar surface area (TPSA) is 89.5 Å². The van der Waals surface area contributed by atoms with Crippen molar-refractivity contribution >= 4 is 29.5 Å². The van der Waals surface area contributed by atoms with Crippen LogP contribution in [0.5, 0.6) is 0 Å². The van der Waals surface area contributed by atoms with Crippen LogP contribution in [0, 0.1) is 0 Å². The first kappa shape index (κ1) is 19.7. The van der Waals surface area contributed by atoms with Gasteiger partial charge >= 0.3 is 51.4 Å². The predicted octanol–water partition coefficient (Wildman–Crippen LogP) is -3.34. The Morgan fingerprint density at radius 1 is 1.33 bits per heavy atom. The molecule has 3 rings (SSSR count). The van der Waals surface area contributed by atoms with Gasteiger partial charge < -0.3 is 15.2 Å². The average molecular weight is 370 g/mol. The number of carboxylic acids is 1. The molecule has 0 unspecified atom stereocenters. The number of carboxylic acid groups (broad SMARTS) is 1. The number of amides is 2. The molecule has 0 radical (unpaired) electrons. The molecule has 1 aromatic carbocycles. The van der Waals surface area contributed by atoms with E-state index in [1.54, 1.807) is 6.92 Å². The van der Waals surface area contributed by atoms with E-state index >= 15 is 0 Å². The third-order valence-corrected chi connectivity index (χ3v) is 5.30. The first-order chi connectivity index (χ1) is 11.0. The molecule has 1 aromatic rings. The number of benzene rings is 1. The maximum absolute atomic E-state index is 12.2. The molecule has 2 aliphatic heterocycles. The van der Waals surface area contributed by atoms with Crippen LogP contribution in [0.4, 0.5) is 0 Å². The summed E-state index contributed by atoms with van der Waals surface area (Å²) in [6.07, 6.45) is 0.185. The van der Waals surface area contributed by atoms with Crippen LogP contribution >= 0.6 is 11.8 Å². The largest absolute Gasteiger partial charge is 1.00 e. The third-order valence-electron chi connectivity index (χ3n) is 3.88. The van der Waals surface area contributed by atoms with Gasteiger partial charge in [0, 0.05) is 5.75 Å². The fourth-order valence-electron chi connectivity index (χ4n) is 2.77. The summed E-state index contributed by atoms with van der Waals surface area (Å²) >= 11 is 1.44. The van der Waals surface area contributed by atoms with Gasteiger partial charge in [-0.2, -0.15) is 0 Å². The Hall–Kier alpha value is -0.644. The van der Waals surface area contributed by atoms with E-state index in [0.717, 1.165) is 5.56 Å². The second-order valence-electron chi connectivity index (χ2n) is 5.53. The number of nitrogens with one attached hydrogen (secondary N) is 1. The van der Waals surface area contributed by atoms with Gasteiger partial charge in [0.05, 0.1) is 18.1 Å². The molecule has 120 valence electrons. The molecule has 0 spiro atoms. The van der Waals surface area contributed by atoms with Crippen molar-refractivity contribution in [2.24, 2.45) is 0 Å². The van der Waals surface area contributed by atoms with Crippen LogP contribution in [0.3, 0.4) is 0 Å². The van der Waals surface area contributed by atoms with Gasteiger partial charge in [0.15, 0.2) is 0 Å². The van der Waals surface area contributed by atoms with E-state index in [-0.39, 0.29) is 74.8 Å². The van der Waals surface area contributed by atoms with E-state index in [0.29, 0.717) is 11.3 Å². The van der Waals surface area contributed by atoms with Crippen molar-refractivity contribution in [3.05, 3.63) is 47.2 Å². The number of β-lactam (4-membered cyclic amide) rings is 1. The molecule has 0 aliphatic carbocycles. The summed E-state index contributed by atoms with van der Waals surface area (Å²) in [7, 11) is 0. The van der Waals surface area contributed by atoms with Gasteiger partial charge in [-0.1, -0.05) is 30.3 Å². The van der Waals surface area contributed by atoms with Crippen molar-refractivity contribution in [3.8, 4) is 0 Å². The number of carbonyl (C=O) groups excluding carboxylic acids is 3. The van der Waals surface area contributed by atoms with E-state index in [1.165, 1.54) is 16.7 Å². The first-order valence-electron chi connectivity index (χ1n) is 7.18. The van der Waals surface area contributed by atoms with Crippen LogP contribution in [-0.2, 0) is 20.8 Å². The molecule has 2 aliphatic rings. The number of carbonyl (C=O) groups is 3. The zero-order chi connectivity index (χ0) is 16.6. The van der Waals surface area contributed by atoms with Gasteiger partial charge in [-0.05, 0) is 18.1 Å². The number of aliphatic carboxylic acids is 1. The van der Waals surface area contributed by atoms with Crippen molar-refractivity contribution in [2.45, 2.75) is 24.8 Å². The summed E-state index contributed by atoms with van der Waals surface area (Å²) in [5.74, 6) is -1.50. The molecule has 1 fully saturated rings. The molecule has 2 heterocycles. The SMILES string of the molecule is CC1=C(C(=O)[O-])N2C(=O)[C@@H](NC(=O)Cc3ccccc3)[C@H]2SC1.[K+]. The maximum atomic E-state index is 12.2. The van der Waals surface area contributed by atoms with Gasteiger partial charge in [0.25, 0.3) is 5.91 Å². The number of thioether (sulfide) groups is 1. The van der Waals surface area contributed by atoms with E-state index in [9.17, 15) is 19.5 Å². The van der Waals surface area contributed by atoms with E-state index < -0.39 is 17.9 Å². The minimum absolute atomic E-state index is 0. The van der Waals surface area contributed by atoms with Crippen molar-refractivity contribution in [3.63, 3.8) is 0 Å². The number of hydrogen-bond donors (Lipinski definition) is 1. The third kappa shape index (κ3) is 3.78. The van der Waals surface area contributed by atoms with Crippen LogP contribution in [0.1, 0.15) is 12.5 Å². The molecular weight excluding hydrogens is 355 g/mol. The van der Waals surface area contributed by atoms with Crippen molar-refractivity contribution in [1.29, 1.82) is 0 Å². The van der Waals surface area contributed by atoms with E-state index in [2.05, 4.69) is 5.32 Å². The normalized spacial score (nSPS) is 22.2. The van der Waals surface area contributed by atoms with E-state index in [1.807, 2.05) is 30.3 Å². The number of rotatable bonds is 4. The van der Waals surface area contributed by atoms with Crippen LogP contribution < -0.4 is 61.8 Å². The van der Waals surface area contributed by atoms with Gasteiger partial charge in [-0.3, -0.25) is 14.5 Å². The summed E-state index contributed by atoms with van der Waals surface area (Å²) < 4.78 is 0. The maximum Gasteiger partial charge on any atom is 1.00 e. The molecule has 2 amide bonds. The van der Waals surface area contributed by atoms with Crippen molar-refractivity contribution < 1.29 is 70.9 Å². The van der Waals surface area contributed by atoms with Crippen molar-refractivity contribution in [2.75, 3.05) is 5.75 Å². The molecule has 0 aromatic heterocycles. The summed E-state index contributed by atoms with van der Waals surface area (Å²) in [5, 5.41) is 13.5. The second-order valence-corrected chi connectivity index (χ2v) is 6.64. The minimum Gasteiger partial charge on any atom is -0.543 e. The zero-order valence-electron chi connectivity index (χ0n) is 13.4. The first-order valence-corrected chi connectivity index (χ1v) is 8.23. The Morgan fingerprint density at radius 2 is 2.00 bits per heavy atom. The van der Waals surface area contributed by atoms with Crippen LogP contribution in [-0.4, -0.2) is 39.9 Å². The molecule has 0 saturated carbocycles.